The van der Waals surface area contributed by atoms with E-state index in [1.807, 2.05) is 0 Å². The molecule has 0 aliphatic heterocycles. The predicted octanol–water partition coefficient (Wildman–Crippen LogP) is 1.22. The molecule has 0 unspecified atom stereocenters. The van der Waals surface area contributed by atoms with Gasteiger partial charge in [0.2, 0.25) is 0 Å². The largest absolute Gasteiger partial charge is 0.383 e. The predicted molar refractivity (Wildman–Crippen MR) is 44.7 cm³/mol. The number of halogens is 1. The fourth-order valence-corrected chi connectivity index (χ4v) is 0.998. The molecule has 1 aliphatic carbocycles. The number of nitrogen functional groups attached to an aromatic ring is 1. The van der Waals surface area contributed by atoms with Crippen molar-refractivity contribution in [1.82, 2.24) is 10.2 Å². The van der Waals surface area contributed by atoms with Gasteiger partial charge in [0.05, 0.1) is 0 Å². The Morgan fingerprint density at radius 1 is 1.64 bits per heavy atom. The average molecular weight is 173 g/mol. The maximum atomic E-state index is 5.80. The third kappa shape index (κ3) is 1.26. The molecule has 1 aromatic heterocycles. The number of H-pyrrole nitrogens is 1. The maximum absolute atomic E-state index is 5.80. The molecule has 0 amide bonds. The first-order valence-electron chi connectivity index (χ1n) is 3.53. The Balaban J connectivity index is 2.15. The van der Waals surface area contributed by atoms with Crippen LogP contribution in [0.15, 0.2) is 0 Å². The van der Waals surface area contributed by atoms with Crippen LogP contribution >= 0.6 is 11.6 Å². The number of hydrogen-bond donors (Lipinski definition) is 3. The van der Waals surface area contributed by atoms with Gasteiger partial charge in [0.1, 0.15) is 10.8 Å². The SMILES string of the molecule is Nc1[nH]nc(NC2CC2)c1Cl. The van der Waals surface area contributed by atoms with Crippen LogP contribution in [0.5, 0.6) is 0 Å². The fourth-order valence-electron chi connectivity index (χ4n) is 0.859. The van der Waals surface area contributed by atoms with Crippen LogP contribution in [0.1, 0.15) is 12.8 Å². The number of hydrogen-bond acceptors (Lipinski definition) is 3. The number of nitrogens with two attached hydrogens (primary N) is 1. The highest BCUT2D eigenvalue weighted by molar-refractivity contribution is 6.35. The van der Waals surface area contributed by atoms with Gasteiger partial charge < -0.3 is 11.1 Å². The normalized spacial score (nSPS) is 16.8. The van der Waals surface area contributed by atoms with Gasteiger partial charge in [0.15, 0.2) is 5.82 Å². The quantitative estimate of drug-likeness (QED) is 0.629. The molecule has 2 rings (SSSR count). The van der Waals surface area contributed by atoms with Gasteiger partial charge in [-0.25, -0.2) is 0 Å². The minimum absolute atomic E-state index is 0.426. The van der Waals surface area contributed by atoms with Crippen LogP contribution in [0.3, 0.4) is 0 Å². The number of aromatic nitrogens is 2. The van der Waals surface area contributed by atoms with Crippen molar-refractivity contribution in [3.05, 3.63) is 5.02 Å². The van der Waals surface area contributed by atoms with E-state index < -0.39 is 0 Å². The molecule has 0 bridgehead atoms. The highest BCUT2D eigenvalue weighted by Crippen LogP contribution is 2.30. The number of nitrogens with one attached hydrogen (secondary N) is 2. The van der Waals surface area contributed by atoms with Crippen molar-refractivity contribution in [2.45, 2.75) is 18.9 Å². The standard InChI is InChI=1S/C6H9ClN4/c7-4-5(8)10-11-6(4)9-3-1-2-3/h3H,1-2H2,(H4,8,9,10,11). The minimum Gasteiger partial charge on any atom is -0.383 e. The first-order valence-corrected chi connectivity index (χ1v) is 3.91. The van der Waals surface area contributed by atoms with E-state index in [0.29, 0.717) is 22.7 Å². The van der Waals surface area contributed by atoms with Gasteiger partial charge in [-0.05, 0) is 12.8 Å². The molecule has 1 saturated carbocycles. The molecular formula is C6H9ClN4. The lowest BCUT2D eigenvalue weighted by molar-refractivity contribution is 1.05. The fraction of sp³-hybridized carbons (Fsp3) is 0.500. The zero-order valence-electron chi connectivity index (χ0n) is 5.89. The van der Waals surface area contributed by atoms with E-state index in [-0.39, 0.29) is 0 Å². The molecule has 60 valence electrons. The van der Waals surface area contributed by atoms with Crippen LogP contribution in [0, 0.1) is 0 Å². The topological polar surface area (TPSA) is 66.7 Å². The highest BCUT2D eigenvalue weighted by Gasteiger charge is 2.23. The summed E-state index contributed by atoms with van der Waals surface area (Å²) in [6.07, 6.45) is 2.40. The van der Waals surface area contributed by atoms with Gasteiger partial charge >= 0.3 is 0 Å². The molecule has 4 nitrogen and oxygen atoms in total. The van der Waals surface area contributed by atoms with Gasteiger partial charge in [-0.15, -0.1) is 0 Å². The molecule has 4 N–H and O–H groups in total. The lowest BCUT2D eigenvalue weighted by atomic mass is 10.5. The summed E-state index contributed by atoms with van der Waals surface area (Å²) in [6.45, 7) is 0. The van der Waals surface area contributed by atoms with Crippen LogP contribution in [0.4, 0.5) is 11.6 Å². The number of aromatic amines is 1. The van der Waals surface area contributed by atoms with Crippen LogP contribution < -0.4 is 11.1 Å². The van der Waals surface area contributed by atoms with Crippen LogP contribution in [-0.4, -0.2) is 16.2 Å². The van der Waals surface area contributed by atoms with Crippen molar-refractivity contribution in [2.24, 2.45) is 0 Å². The molecule has 0 atom stereocenters. The zero-order valence-corrected chi connectivity index (χ0v) is 6.65. The van der Waals surface area contributed by atoms with E-state index in [9.17, 15) is 0 Å². The molecule has 1 heterocycles. The van der Waals surface area contributed by atoms with Gasteiger partial charge in [0, 0.05) is 6.04 Å². The Kier molecular flexibility index (Phi) is 1.42. The maximum Gasteiger partial charge on any atom is 0.169 e. The molecule has 5 heteroatoms. The van der Waals surface area contributed by atoms with Crippen LogP contribution in [-0.2, 0) is 0 Å². The van der Waals surface area contributed by atoms with Crippen molar-refractivity contribution in [3.8, 4) is 0 Å². The van der Waals surface area contributed by atoms with E-state index in [0.717, 1.165) is 0 Å². The minimum atomic E-state index is 0.426. The van der Waals surface area contributed by atoms with Gasteiger partial charge in [-0.3, -0.25) is 5.10 Å². The molecule has 1 fully saturated rings. The van der Waals surface area contributed by atoms with E-state index >= 15 is 0 Å². The van der Waals surface area contributed by atoms with Gasteiger partial charge in [-0.1, -0.05) is 11.6 Å². The monoisotopic (exact) mass is 172 g/mol. The Labute approximate surface area is 69.1 Å². The molecule has 0 aromatic carbocycles. The summed E-state index contributed by atoms with van der Waals surface area (Å²) in [5, 5.41) is 10.2. The molecule has 11 heavy (non-hydrogen) atoms. The third-order valence-electron chi connectivity index (χ3n) is 1.65. The molecule has 1 aromatic rings. The molecule has 0 radical (unpaired) electrons. The summed E-state index contributed by atoms with van der Waals surface area (Å²) in [5.41, 5.74) is 5.45. The summed E-state index contributed by atoms with van der Waals surface area (Å²) in [4.78, 5) is 0. The third-order valence-corrected chi connectivity index (χ3v) is 2.03. The average Bonchev–Trinajstić information content (AvgIpc) is 2.74. The van der Waals surface area contributed by atoms with E-state index in [1.54, 1.807) is 0 Å². The van der Waals surface area contributed by atoms with Crippen LogP contribution in [0.25, 0.3) is 0 Å². The summed E-state index contributed by atoms with van der Waals surface area (Å²) >= 11 is 5.80. The Morgan fingerprint density at radius 2 is 2.36 bits per heavy atom. The second-order valence-electron chi connectivity index (χ2n) is 2.72. The zero-order chi connectivity index (χ0) is 7.84. The number of anilines is 2. The molecular weight excluding hydrogens is 164 g/mol. The first kappa shape index (κ1) is 6.79. The highest BCUT2D eigenvalue weighted by atomic mass is 35.5. The number of nitrogens with zero attached hydrogens (tertiary/aromatic N) is 1. The molecule has 1 aliphatic rings. The second kappa shape index (κ2) is 2.30. The second-order valence-corrected chi connectivity index (χ2v) is 3.10. The first-order chi connectivity index (χ1) is 5.27. The summed E-state index contributed by atoms with van der Waals surface area (Å²) < 4.78 is 0. The summed E-state index contributed by atoms with van der Waals surface area (Å²) in [5.74, 6) is 1.10. The lowest BCUT2D eigenvalue weighted by Crippen LogP contribution is -2.01. The molecule has 0 spiro atoms. The Morgan fingerprint density at radius 3 is 2.82 bits per heavy atom. The van der Waals surface area contributed by atoms with Crippen molar-refractivity contribution < 1.29 is 0 Å². The van der Waals surface area contributed by atoms with Crippen molar-refractivity contribution >= 4 is 23.2 Å². The van der Waals surface area contributed by atoms with E-state index in [4.69, 9.17) is 17.3 Å². The van der Waals surface area contributed by atoms with Gasteiger partial charge in [-0.2, -0.15) is 5.10 Å². The van der Waals surface area contributed by atoms with E-state index in [1.165, 1.54) is 12.8 Å². The van der Waals surface area contributed by atoms with Crippen molar-refractivity contribution in [1.29, 1.82) is 0 Å². The van der Waals surface area contributed by atoms with E-state index in [2.05, 4.69) is 15.5 Å². The van der Waals surface area contributed by atoms with Crippen molar-refractivity contribution in [2.75, 3.05) is 11.1 Å². The van der Waals surface area contributed by atoms with Crippen LogP contribution in [0.2, 0.25) is 5.02 Å². The number of rotatable bonds is 2. The summed E-state index contributed by atoms with van der Waals surface area (Å²) in [7, 11) is 0. The van der Waals surface area contributed by atoms with Crippen molar-refractivity contribution in [3.63, 3.8) is 0 Å². The Hall–Kier alpha value is -0.900. The summed E-state index contributed by atoms with van der Waals surface area (Å²) in [6, 6.07) is 0.551. The molecule has 0 saturated heterocycles. The lowest BCUT2D eigenvalue weighted by Gasteiger charge is -1.97. The Bertz CT molecular complexity index is 266. The smallest absolute Gasteiger partial charge is 0.169 e. The van der Waals surface area contributed by atoms with Gasteiger partial charge in [0.25, 0.3) is 0 Å².